The van der Waals surface area contributed by atoms with Crippen LogP contribution in [0.5, 0.6) is 0 Å². The zero-order chi connectivity index (χ0) is 8.15. The topological polar surface area (TPSA) is 110 Å². The van der Waals surface area contributed by atoms with Gasteiger partial charge >= 0.3 is 64.6 Å². The molecule has 2 N–H and O–H groups in total. The fraction of sp³-hybridized carbons (Fsp3) is 0. The third-order valence-electron chi connectivity index (χ3n) is 0.341. The van der Waals surface area contributed by atoms with E-state index in [2.05, 4.69) is 9.47 Å². The van der Waals surface area contributed by atoms with E-state index in [-0.39, 0.29) is 51.8 Å². The van der Waals surface area contributed by atoms with Crippen molar-refractivity contribution in [3.63, 3.8) is 0 Å². The Morgan fingerprint density at radius 3 is 1.33 bits per heavy atom. The van der Waals surface area contributed by atoms with Crippen molar-refractivity contribution in [2.75, 3.05) is 0 Å². The Labute approximate surface area is 104 Å². The summed E-state index contributed by atoms with van der Waals surface area (Å²) in [5.41, 5.74) is 0. The molecule has 12 heavy (non-hydrogen) atoms. The van der Waals surface area contributed by atoms with Crippen LogP contribution in [0.3, 0.4) is 0 Å². The van der Waals surface area contributed by atoms with Crippen LogP contribution in [0.25, 0.3) is 0 Å². The van der Waals surface area contributed by atoms with Crippen LogP contribution in [0.15, 0.2) is 0 Å². The molecule has 0 aromatic carbocycles. The molecular weight excluding hydrogens is 197 g/mol. The predicted molar refractivity (Wildman–Crippen MR) is 39.6 cm³/mol. The van der Waals surface area contributed by atoms with Crippen LogP contribution in [0, 0.1) is 0 Å². The Bertz CT molecular complexity index is 172. The van der Waals surface area contributed by atoms with Gasteiger partial charge in [0.15, 0.2) is 0 Å². The van der Waals surface area contributed by atoms with Gasteiger partial charge in [-0.05, 0) is 0 Å². The second-order valence-electron chi connectivity index (χ2n) is 0.986. The Kier molecular flexibility index (Phi) is 13.1. The van der Waals surface area contributed by atoms with Crippen LogP contribution < -0.4 is 0 Å². The summed E-state index contributed by atoms with van der Waals surface area (Å²) in [5, 5.41) is 15.4. The molecule has 9 heteroatoms. The van der Waals surface area contributed by atoms with Crippen LogP contribution in [0.1, 0.15) is 5.71 Å². The molecule has 0 aromatic heterocycles. The molecule has 0 fully saturated rings. The molecule has 0 rings (SSSR count). The van der Waals surface area contributed by atoms with Crippen LogP contribution in [0.2, 0.25) is 0 Å². The van der Waals surface area contributed by atoms with Gasteiger partial charge in [-0.2, -0.15) is 0 Å². The van der Waals surface area contributed by atoms with Crippen LogP contribution in [-0.2, 0) is 9.47 Å². The minimum absolute atomic E-state index is 0. The van der Waals surface area contributed by atoms with Gasteiger partial charge in [-0.15, -0.1) is 0 Å². The van der Waals surface area contributed by atoms with Gasteiger partial charge in [-0.3, -0.25) is 0 Å². The van der Waals surface area contributed by atoms with E-state index in [4.69, 9.17) is 10.2 Å². The maximum atomic E-state index is 9.86. The number of ether oxygens (including phenoxy) is 2. The average Bonchev–Trinajstić information content (AvgIpc) is 1.58. The Hall–Kier alpha value is -0.258. The summed E-state index contributed by atoms with van der Waals surface area (Å²) in [6.07, 6.45) is -5.64. The Morgan fingerprint density at radius 2 is 1.17 bits per heavy atom. The normalized spacial score (nSPS) is 6.67. The molecule has 0 saturated heterocycles. The monoisotopic (exact) mass is 202 g/mol. The standard InChI is InChI=1S/C3H2O7.2Mg.4H/c4-1(5)9-3(8)10-2(6)7;;;;;;/h(H,4,5)(H,6,7);;;;;;/q;2*+2;4*-1. The smallest absolute Gasteiger partial charge is 1.00 e. The van der Waals surface area contributed by atoms with Crippen molar-refractivity contribution >= 4 is 64.6 Å². The molecule has 0 aliphatic heterocycles. The number of carbonyl (C=O) groups is 3. The minimum atomic E-state index is -1.92. The molecule has 0 unspecified atom stereocenters. The quantitative estimate of drug-likeness (QED) is 0.328. The first-order chi connectivity index (χ1) is 4.52. The van der Waals surface area contributed by atoms with E-state index in [1.165, 1.54) is 0 Å². The third-order valence-corrected chi connectivity index (χ3v) is 0.341. The second kappa shape index (κ2) is 8.84. The van der Waals surface area contributed by atoms with Gasteiger partial charge in [0, 0.05) is 0 Å². The second-order valence-corrected chi connectivity index (χ2v) is 0.986. The molecule has 0 radical (unpaired) electrons. The maximum absolute atomic E-state index is 9.86. The Morgan fingerprint density at radius 1 is 0.917 bits per heavy atom. The van der Waals surface area contributed by atoms with Crippen LogP contribution in [0.4, 0.5) is 14.4 Å². The zero-order valence-corrected chi connectivity index (χ0v) is 8.68. The van der Waals surface area contributed by atoms with Crippen molar-refractivity contribution in [2.45, 2.75) is 0 Å². The van der Waals surface area contributed by atoms with Crippen molar-refractivity contribution in [1.82, 2.24) is 0 Å². The van der Waals surface area contributed by atoms with Gasteiger partial charge in [-0.25, -0.2) is 14.4 Å². The van der Waals surface area contributed by atoms with Crippen molar-refractivity contribution in [2.24, 2.45) is 0 Å². The largest absolute Gasteiger partial charge is 2.00 e. The number of hydrogen-bond acceptors (Lipinski definition) is 5. The minimum Gasteiger partial charge on any atom is -1.00 e. The molecule has 0 aromatic rings. The summed E-state index contributed by atoms with van der Waals surface area (Å²) in [6.45, 7) is 0. The fourth-order valence-electron chi connectivity index (χ4n) is 0.163. The van der Waals surface area contributed by atoms with Crippen molar-refractivity contribution < 1.29 is 39.8 Å². The summed E-state index contributed by atoms with van der Waals surface area (Å²) >= 11 is 0. The summed E-state index contributed by atoms with van der Waals surface area (Å²) in [6, 6.07) is 0. The number of rotatable bonds is 0. The predicted octanol–water partition coefficient (Wildman–Crippen LogP) is 0.184. The zero-order valence-electron chi connectivity index (χ0n) is 9.85. The van der Waals surface area contributed by atoms with E-state index < -0.39 is 18.5 Å². The summed E-state index contributed by atoms with van der Waals surface area (Å²) in [7, 11) is 0. The van der Waals surface area contributed by atoms with Crippen LogP contribution in [-0.4, -0.2) is 74.8 Å². The number of carboxylic acid groups (broad SMARTS) is 2. The molecule has 0 saturated carbocycles. The maximum Gasteiger partial charge on any atom is 2.00 e. The molecule has 0 heterocycles. The molecule has 7 nitrogen and oxygen atoms in total. The molecule has 0 amide bonds. The van der Waals surface area contributed by atoms with Gasteiger partial charge < -0.3 is 25.4 Å². The van der Waals surface area contributed by atoms with Gasteiger partial charge in [0.2, 0.25) is 0 Å². The summed E-state index contributed by atoms with van der Waals surface area (Å²) in [5.74, 6) is 0. The van der Waals surface area contributed by atoms with E-state index in [1.54, 1.807) is 0 Å². The van der Waals surface area contributed by atoms with Crippen molar-refractivity contribution in [3.8, 4) is 0 Å². The number of hydrogen-bond donors (Lipinski definition) is 2. The van der Waals surface area contributed by atoms with Crippen molar-refractivity contribution in [3.05, 3.63) is 0 Å². The molecule has 0 aliphatic rings. The van der Waals surface area contributed by atoms with Crippen molar-refractivity contribution in [1.29, 1.82) is 0 Å². The molecule has 0 spiro atoms. The summed E-state index contributed by atoms with van der Waals surface area (Å²) < 4.78 is 6.47. The fourth-order valence-corrected chi connectivity index (χ4v) is 0.163. The molecule has 0 aliphatic carbocycles. The van der Waals surface area contributed by atoms with Gasteiger partial charge in [0.1, 0.15) is 0 Å². The SMILES string of the molecule is O=C(O)OC(=O)OC(=O)O.[H-].[H-].[H-].[H-].[Mg+2].[Mg+2]. The number of carbonyl (C=O) groups excluding carboxylic acids is 1. The first kappa shape index (κ1) is 17.7. The third kappa shape index (κ3) is 12.4. The molecule has 0 bridgehead atoms. The van der Waals surface area contributed by atoms with E-state index in [9.17, 15) is 14.4 Å². The van der Waals surface area contributed by atoms with E-state index in [0.29, 0.717) is 0 Å². The van der Waals surface area contributed by atoms with E-state index in [1.807, 2.05) is 0 Å². The van der Waals surface area contributed by atoms with Gasteiger partial charge in [0.25, 0.3) is 0 Å². The van der Waals surface area contributed by atoms with E-state index >= 15 is 0 Å². The Balaban J connectivity index is -0.0000000270. The van der Waals surface area contributed by atoms with Crippen LogP contribution >= 0.6 is 0 Å². The first-order valence-electron chi connectivity index (χ1n) is 1.88. The summed E-state index contributed by atoms with van der Waals surface area (Å²) in [4.78, 5) is 28.8. The molecular formula is C3H6Mg2O7. The van der Waals surface area contributed by atoms with Gasteiger partial charge in [-0.1, -0.05) is 0 Å². The van der Waals surface area contributed by atoms with Gasteiger partial charge in [0.05, 0.1) is 0 Å². The average molecular weight is 203 g/mol. The molecule has 64 valence electrons. The molecule has 0 atom stereocenters. The van der Waals surface area contributed by atoms with E-state index in [0.717, 1.165) is 0 Å². The first-order valence-corrected chi connectivity index (χ1v) is 1.88.